The molecule has 2 atom stereocenters. The van der Waals surface area contributed by atoms with E-state index in [9.17, 15) is 4.79 Å². The minimum absolute atomic E-state index is 0.203. The van der Waals surface area contributed by atoms with Crippen molar-refractivity contribution in [3.63, 3.8) is 0 Å². The number of nitrogens with zero attached hydrogens (tertiary/aromatic N) is 3. The zero-order valence-corrected chi connectivity index (χ0v) is 9.33. The van der Waals surface area contributed by atoms with E-state index in [4.69, 9.17) is 5.11 Å². The zero-order chi connectivity index (χ0) is 11.8. The molecule has 0 radical (unpaired) electrons. The molecule has 2 heterocycles. The first-order valence-electron chi connectivity index (χ1n) is 5.80. The van der Waals surface area contributed by atoms with E-state index in [0.717, 1.165) is 19.3 Å². The molecule has 2 aromatic rings. The van der Waals surface area contributed by atoms with E-state index in [2.05, 4.69) is 15.0 Å². The van der Waals surface area contributed by atoms with E-state index in [1.54, 1.807) is 6.33 Å². The first kappa shape index (κ1) is 10.5. The molecule has 2 aromatic heterocycles. The number of rotatable bonds is 2. The summed E-state index contributed by atoms with van der Waals surface area (Å²) in [6.45, 7) is 0.233. The third-order valence-corrected chi connectivity index (χ3v) is 3.53. The minimum atomic E-state index is -0.203. The lowest BCUT2D eigenvalue weighted by atomic mass is 10.1. The van der Waals surface area contributed by atoms with Crippen molar-refractivity contribution < 1.29 is 5.11 Å². The van der Waals surface area contributed by atoms with Gasteiger partial charge in [0.05, 0.1) is 12.7 Å². The van der Waals surface area contributed by atoms with Gasteiger partial charge in [0.2, 0.25) is 0 Å². The Labute approximate surface area is 97.3 Å². The van der Waals surface area contributed by atoms with Gasteiger partial charge in [-0.15, -0.1) is 0 Å². The Kier molecular flexibility index (Phi) is 2.44. The topological polar surface area (TPSA) is 83.8 Å². The standard InChI is InChI=1S/C11H14N4O2/c16-4-7-1-2-8(3-7)15-6-14-9-10(15)12-5-13-11(9)17/h5-8,16H,1-4H2,(H,12,13,17). The number of hydrogen-bond donors (Lipinski definition) is 2. The molecular weight excluding hydrogens is 220 g/mol. The molecule has 6 nitrogen and oxygen atoms in total. The van der Waals surface area contributed by atoms with Gasteiger partial charge in [0.15, 0.2) is 11.2 Å². The summed E-state index contributed by atoms with van der Waals surface area (Å²) in [4.78, 5) is 22.3. The van der Waals surface area contributed by atoms with E-state index < -0.39 is 0 Å². The average molecular weight is 234 g/mol. The number of imidazole rings is 1. The number of aliphatic hydroxyl groups excluding tert-OH is 1. The number of aromatic amines is 1. The van der Waals surface area contributed by atoms with Crippen LogP contribution in [0, 0.1) is 5.92 Å². The maximum atomic E-state index is 11.5. The smallest absolute Gasteiger partial charge is 0.278 e. The molecule has 1 aliphatic rings. The van der Waals surface area contributed by atoms with E-state index in [-0.39, 0.29) is 12.2 Å². The maximum Gasteiger partial charge on any atom is 0.278 e. The molecule has 0 spiro atoms. The molecule has 0 bridgehead atoms. The van der Waals surface area contributed by atoms with Gasteiger partial charge in [-0.1, -0.05) is 0 Å². The second-order valence-electron chi connectivity index (χ2n) is 4.57. The van der Waals surface area contributed by atoms with Crippen LogP contribution in [0.3, 0.4) is 0 Å². The van der Waals surface area contributed by atoms with Crippen LogP contribution >= 0.6 is 0 Å². The largest absolute Gasteiger partial charge is 0.396 e. The molecule has 1 fully saturated rings. The summed E-state index contributed by atoms with van der Waals surface area (Å²) in [6.07, 6.45) is 6.03. The Morgan fingerprint density at radius 1 is 1.47 bits per heavy atom. The number of H-pyrrole nitrogens is 1. The molecule has 17 heavy (non-hydrogen) atoms. The Bertz CT molecular complexity index is 588. The lowest BCUT2D eigenvalue weighted by molar-refractivity contribution is 0.226. The molecular formula is C11H14N4O2. The normalized spacial score (nSPS) is 24.5. The number of fused-ring (bicyclic) bond motifs is 1. The van der Waals surface area contributed by atoms with Crippen LogP contribution in [0.15, 0.2) is 17.4 Å². The lowest BCUT2D eigenvalue weighted by Crippen LogP contribution is -2.10. The molecule has 3 rings (SSSR count). The van der Waals surface area contributed by atoms with Gasteiger partial charge in [0.25, 0.3) is 5.56 Å². The Hall–Kier alpha value is -1.69. The average Bonchev–Trinajstić information content (AvgIpc) is 2.94. The molecule has 0 aromatic carbocycles. The molecule has 6 heteroatoms. The Morgan fingerprint density at radius 2 is 2.35 bits per heavy atom. The van der Waals surface area contributed by atoms with Gasteiger partial charge in [-0.25, -0.2) is 9.97 Å². The number of aliphatic hydroxyl groups is 1. The third-order valence-electron chi connectivity index (χ3n) is 3.53. The summed E-state index contributed by atoms with van der Waals surface area (Å²) >= 11 is 0. The fourth-order valence-electron chi connectivity index (χ4n) is 2.60. The number of hydrogen-bond acceptors (Lipinski definition) is 4. The van der Waals surface area contributed by atoms with Crippen molar-refractivity contribution in [3.8, 4) is 0 Å². The van der Waals surface area contributed by atoms with Crippen molar-refractivity contribution in [2.45, 2.75) is 25.3 Å². The summed E-state index contributed by atoms with van der Waals surface area (Å²) in [7, 11) is 0. The quantitative estimate of drug-likeness (QED) is 0.790. The summed E-state index contributed by atoms with van der Waals surface area (Å²) < 4.78 is 1.96. The summed E-state index contributed by atoms with van der Waals surface area (Å²) in [6, 6.07) is 0.298. The highest BCUT2D eigenvalue weighted by Crippen LogP contribution is 2.35. The SMILES string of the molecule is O=c1[nH]cnc2c1ncn2C1CCC(CO)C1. The van der Waals surface area contributed by atoms with Crippen LogP contribution in [0.2, 0.25) is 0 Å². The second kappa shape index (κ2) is 3.96. The van der Waals surface area contributed by atoms with E-state index in [1.165, 1.54) is 6.33 Å². The predicted octanol–water partition coefficient (Wildman–Crippen LogP) is 0.453. The second-order valence-corrected chi connectivity index (χ2v) is 4.57. The molecule has 2 unspecified atom stereocenters. The van der Waals surface area contributed by atoms with Crippen molar-refractivity contribution >= 4 is 11.2 Å². The van der Waals surface area contributed by atoms with Crippen molar-refractivity contribution in [1.82, 2.24) is 19.5 Å². The van der Waals surface area contributed by atoms with Gasteiger partial charge in [0, 0.05) is 12.6 Å². The van der Waals surface area contributed by atoms with Crippen molar-refractivity contribution in [1.29, 1.82) is 0 Å². The highest BCUT2D eigenvalue weighted by atomic mass is 16.3. The molecule has 0 aliphatic heterocycles. The van der Waals surface area contributed by atoms with Gasteiger partial charge in [-0.2, -0.15) is 0 Å². The molecule has 0 amide bonds. The van der Waals surface area contributed by atoms with Gasteiger partial charge >= 0.3 is 0 Å². The van der Waals surface area contributed by atoms with E-state index >= 15 is 0 Å². The molecule has 1 aliphatic carbocycles. The predicted molar refractivity (Wildman–Crippen MR) is 61.6 cm³/mol. The van der Waals surface area contributed by atoms with E-state index in [0.29, 0.717) is 23.1 Å². The monoisotopic (exact) mass is 234 g/mol. The first-order chi connectivity index (χ1) is 8.29. The fourth-order valence-corrected chi connectivity index (χ4v) is 2.60. The maximum absolute atomic E-state index is 11.5. The molecule has 1 saturated carbocycles. The van der Waals surface area contributed by atoms with Crippen LogP contribution in [0.5, 0.6) is 0 Å². The van der Waals surface area contributed by atoms with Gasteiger partial charge in [-0.05, 0) is 25.2 Å². The van der Waals surface area contributed by atoms with Crippen LogP contribution in [-0.2, 0) is 0 Å². The zero-order valence-electron chi connectivity index (χ0n) is 9.33. The van der Waals surface area contributed by atoms with Crippen molar-refractivity contribution in [3.05, 3.63) is 23.0 Å². The highest BCUT2D eigenvalue weighted by molar-refractivity contribution is 5.68. The fraction of sp³-hybridized carbons (Fsp3) is 0.545. The molecule has 0 saturated heterocycles. The third kappa shape index (κ3) is 1.64. The molecule has 2 N–H and O–H groups in total. The summed E-state index contributed by atoms with van der Waals surface area (Å²) in [5.74, 6) is 0.361. The Morgan fingerprint density at radius 3 is 3.12 bits per heavy atom. The van der Waals surface area contributed by atoms with Crippen LogP contribution in [0.1, 0.15) is 25.3 Å². The lowest BCUT2D eigenvalue weighted by Gasteiger charge is -2.12. The number of aromatic nitrogens is 4. The van der Waals surface area contributed by atoms with Gasteiger partial charge < -0.3 is 14.7 Å². The van der Waals surface area contributed by atoms with Gasteiger partial charge in [0.1, 0.15) is 0 Å². The van der Waals surface area contributed by atoms with Crippen LogP contribution in [0.4, 0.5) is 0 Å². The van der Waals surface area contributed by atoms with E-state index in [1.807, 2.05) is 4.57 Å². The van der Waals surface area contributed by atoms with Crippen LogP contribution < -0.4 is 5.56 Å². The Balaban J connectivity index is 2.02. The number of nitrogens with one attached hydrogen (secondary N) is 1. The van der Waals surface area contributed by atoms with Gasteiger partial charge in [-0.3, -0.25) is 4.79 Å². The summed E-state index contributed by atoms with van der Waals surface area (Å²) in [5, 5.41) is 9.14. The first-order valence-corrected chi connectivity index (χ1v) is 5.80. The molecule has 90 valence electrons. The van der Waals surface area contributed by atoms with Crippen molar-refractivity contribution in [2.24, 2.45) is 5.92 Å². The van der Waals surface area contributed by atoms with Crippen LogP contribution in [-0.4, -0.2) is 31.2 Å². The minimum Gasteiger partial charge on any atom is -0.396 e. The van der Waals surface area contributed by atoms with Crippen molar-refractivity contribution in [2.75, 3.05) is 6.61 Å². The highest BCUT2D eigenvalue weighted by Gasteiger charge is 2.26. The summed E-state index contributed by atoms with van der Waals surface area (Å²) in [5.41, 5.74) is 0.822. The van der Waals surface area contributed by atoms with Crippen LogP contribution in [0.25, 0.3) is 11.2 Å².